The standard InChI is InChI=1S/C21H26N6O3S/c1-5-26(6-2)24-22-17-12-14-19(15-13-17)31(29,30)23-20-16(3)25(4)27(21(20)28)18-10-8-7-9-11-18/h7-15,23H,5-6H2,1-4H3. The summed E-state index contributed by atoms with van der Waals surface area (Å²) in [6.45, 7) is 7.10. The summed E-state index contributed by atoms with van der Waals surface area (Å²) in [5.74, 6) is 0. The van der Waals surface area contributed by atoms with Crippen LogP contribution in [0.4, 0.5) is 11.4 Å². The highest BCUT2D eigenvalue weighted by Gasteiger charge is 2.22. The van der Waals surface area contributed by atoms with E-state index in [1.54, 1.807) is 47.9 Å². The monoisotopic (exact) mass is 442 g/mol. The van der Waals surface area contributed by atoms with Crippen molar-refractivity contribution in [3.05, 3.63) is 70.6 Å². The number of aromatic nitrogens is 2. The van der Waals surface area contributed by atoms with Gasteiger partial charge in [-0.2, -0.15) is 0 Å². The fourth-order valence-corrected chi connectivity index (χ4v) is 4.15. The molecule has 0 aliphatic rings. The van der Waals surface area contributed by atoms with Crippen molar-refractivity contribution in [3.8, 4) is 5.69 Å². The predicted octanol–water partition coefficient (Wildman–Crippen LogP) is 3.63. The molecule has 0 aliphatic heterocycles. The predicted molar refractivity (Wildman–Crippen MR) is 120 cm³/mol. The average Bonchev–Trinajstić information content (AvgIpc) is 2.98. The normalized spacial score (nSPS) is 11.7. The first kappa shape index (κ1) is 22.3. The van der Waals surface area contributed by atoms with E-state index in [1.807, 2.05) is 32.0 Å². The van der Waals surface area contributed by atoms with E-state index in [0.29, 0.717) is 17.1 Å². The molecule has 0 atom stereocenters. The molecule has 1 N–H and O–H groups in total. The third kappa shape index (κ3) is 4.69. The molecule has 0 fully saturated rings. The largest absolute Gasteiger partial charge is 0.296 e. The second kappa shape index (κ2) is 9.17. The number of benzene rings is 2. The van der Waals surface area contributed by atoms with Crippen LogP contribution in [-0.4, -0.2) is 35.9 Å². The van der Waals surface area contributed by atoms with Crippen LogP contribution in [0.15, 0.2) is 74.6 Å². The van der Waals surface area contributed by atoms with E-state index in [9.17, 15) is 13.2 Å². The molecule has 1 aromatic heterocycles. The maximum absolute atomic E-state index is 13.0. The first-order chi connectivity index (χ1) is 14.8. The molecule has 0 amide bonds. The van der Waals surface area contributed by atoms with Crippen molar-refractivity contribution in [1.82, 2.24) is 14.4 Å². The molecule has 0 unspecified atom stereocenters. The van der Waals surface area contributed by atoms with Crippen LogP contribution in [0.25, 0.3) is 5.69 Å². The van der Waals surface area contributed by atoms with Gasteiger partial charge in [0.1, 0.15) is 5.69 Å². The van der Waals surface area contributed by atoms with E-state index in [1.165, 1.54) is 16.8 Å². The second-order valence-corrected chi connectivity index (χ2v) is 8.55. The van der Waals surface area contributed by atoms with Crippen LogP contribution in [0.3, 0.4) is 0 Å². The SMILES string of the molecule is CCN(CC)N=Nc1ccc(S(=O)(=O)Nc2c(C)n(C)n(-c3ccccc3)c2=O)cc1. The van der Waals surface area contributed by atoms with E-state index in [0.717, 1.165) is 13.1 Å². The van der Waals surface area contributed by atoms with Gasteiger partial charge < -0.3 is 0 Å². The van der Waals surface area contributed by atoms with Gasteiger partial charge in [-0.25, -0.2) is 13.1 Å². The van der Waals surface area contributed by atoms with Crippen molar-refractivity contribution in [2.75, 3.05) is 17.8 Å². The van der Waals surface area contributed by atoms with Gasteiger partial charge in [-0.15, -0.1) is 5.11 Å². The summed E-state index contributed by atoms with van der Waals surface area (Å²) >= 11 is 0. The summed E-state index contributed by atoms with van der Waals surface area (Å²) in [7, 11) is -2.26. The number of nitrogens with one attached hydrogen (secondary N) is 1. The smallest absolute Gasteiger partial charge is 0.283 e. The molecule has 0 saturated carbocycles. The lowest BCUT2D eigenvalue weighted by Gasteiger charge is -2.11. The van der Waals surface area contributed by atoms with E-state index in [-0.39, 0.29) is 10.6 Å². The van der Waals surface area contributed by atoms with E-state index in [2.05, 4.69) is 15.1 Å². The molecule has 31 heavy (non-hydrogen) atoms. The molecule has 0 spiro atoms. The number of sulfonamides is 1. The lowest BCUT2D eigenvalue weighted by atomic mass is 10.3. The maximum atomic E-state index is 13.0. The van der Waals surface area contributed by atoms with Crippen LogP contribution >= 0.6 is 0 Å². The van der Waals surface area contributed by atoms with E-state index < -0.39 is 15.6 Å². The zero-order chi connectivity index (χ0) is 22.6. The van der Waals surface area contributed by atoms with Gasteiger partial charge in [0.15, 0.2) is 0 Å². The highest BCUT2D eigenvalue weighted by atomic mass is 32.2. The summed E-state index contributed by atoms with van der Waals surface area (Å²) in [6, 6.07) is 15.1. The van der Waals surface area contributed by atoms with Crippen molar-refractivity contribution in [3.63, 3.8) is 0 Å². The van der Waals surface area contributed by atoms with Crippen molar-refractivity contribution >= 4 is 21.4 Å². The van der Waals surface area contributed by atoms with Gasteiger partial charge in [0.05, 0.1) is 22.0 Å². The van der Waals surface area contributed by atoms with E-state index >= 15 is 0 Å². The van der Waals surface area contributed by atoms with Crippen LogP contribution in [-0.2, 0) is 17.1 Å². The molecule has 0 bridgehead atoms. The molecule has 0 aliphatic carbocycles. The molecule has 3 aromatic rings. The molecule has 0 saturated heterocycles. The summed E-state index contributed by atoms with van der Waals surface area (Å²) in [5.41, 5.74) is 1.25. The van der Waals surface area contributed by atoms with Gasteiger partial charge in [0, 0.05) is 20.1 Å². The number of nitrogens with zero attached hydrogens (tertiary/aromatic N) is 5. The minimum absolute atomic E-state index is 0.0108. The topological polar surface area (TPSA) is 101 Å². The van der Waals surface area contributed by atoms with Crippen molar-refractivity contribution in [1.29, 1.82) is 0 Å². The number of rotatable bonds is 8. The molecular weight excluding hydrogens is 416 g/mol. The molecule has 164 valence electrons. The number of anilines is 1. The van der Waals surface area contributed by atoms with Gasteiger partial charge in [0.25, 0.3) is 15.6 Å². The first-order valence-corrected chi connectivity index (χ1v) is 11.4. The van der Waals surface area contributed by atoms with Crippen LogP contribution in [0, 0.1) is 6.92 Å². The van der Waals surface area contributed by atoms with Crippen molar-refractivity contribution in [2.45, 2.75) is 25.7 Å². The zero-order valence-electron chi connectivity index (χ0n) is 18.0. The highest BCUT2D eigenvalue weighted by Crippen LogP contribution is 2.21. The number of hydrogen-bond acceptors (Lipinski definition) is 5. The summed E-state index contributed by atoms with van der Waals surface area (Å²) in [4.78, 5) is 13.0. The van der Waals surface area contributed by atoms with Gasteiger partial charge in [-0.05, 0) is 57.2 Å². The Morgan fingerprint density at radius 2 is 1.61 bits per heavy atom. The molecule has 0 radical (unpaired) electrons. The summed E-state index contributed by atoms with van der Waals surface area (Å²) < 4.78 is 31.3. The second-order valence-electron chi connectivity index (χ2n) is 6.86. The van der Waals surface area contributed by atoms with Crippen LogP contribution in [0.2, 0.25) is 0 Å². The molecule has 3 rings (SSSR count). The van der Waals surface area contributed by atoms with Gasteiger partial charge in [0.2, 0.25) is 0 Å². The molecule has 1 heterocycles. The Hall–Kier alpha value is -3.40. The third-order valence-corrected chi connectivity index (χ3v) is 6.32. The molecule has 10 heteroatoms. The summed E-state index contributed by atoms with van der Waals surface area (Å²) in [6.07, 6.45) is 0. The highest BCUT2D eigenvalue weighted by molar-refractivity contribution is 7.92. The molecule has 9 nitrogen and oxygen atoms in total. The fourth-order valence-electron chi connectivity index (χ4n) is 3.04. The Bertz CT molecular complexity index is 1220. The quantitative estimate of drug-likeness (QED) is 0.425. The van der Waals surface area contributed by atoms with Gasteiger partial charge in [-0.3, -0.25) is 19.2 Å². The summed E-state index contributed by atoms with van der Waals surface area (Å²) in [5, 5.41) is 9.99. The van der Waals surface area contributed by atoms with Crippen molar-refractivity contribution in [2.24, 2.45) is 17.4 Å². The van der Waals surface area contributed by atoms with Crippen LogP contribution in [0.5, 0.6) is 0 Å². The fraction of sp³-hybridized carbons (Fsp3) is 0.286. The van der Waals surface area contributed by atoms with E-state index in [4.69, 9.17) is 0 Å². The van der Waals surface area contributed by atoms with Crippen molar-refractivity contribution < 1.29 is 8.42 Å². The number of para-hydroxylation sites is 1. The Kier molecular flexibility index (Phi) is 6.59. The Labute approximate surface area is 181 Å². The molecular formula is C21H26N6O3S. The average molecular weight is 443 g/mol. The minimum atomic E-state index is -3.96. The Morgan fingerprint density at radius 1 is 1.00 bits per heavy atom. The lowest BCUT2D eigenvalue weighted by Crippen LogP contribution is -2.23. The van der Waals surface area contributed by atoms with Gasteiger partial charge >= 0.3 is 0 Å². The maximum Gasteiger partial charge on any atom is 0.296 e. The minimum Gasteiger partial charge on any atom is -0.283 e. The van der Waals surface area contributed by atoms with Crippen LogP contribution < -0.4 is 10.3 Å². The van der Waals surface area contributed by atoms with Crippen LogP contribution in [0.1, 0.15) is 19.5 Å². The first-order valence-electron chi connectivity index (χ1n) is 9.92. The third-order valence-electron chi connectivity index (χ3n) is 4.95. The lowest BCUT2D eigenvalue weighted by molar-refractivity contribution is 0.300. The number of hydrogen-bond donors (Lipinski definition) is 1. The zero-order valence-corrected chi connectivity index (χ0v) is 18.8. The van der Waals surface area contributed by atoms with Gasteiger partial charge in [-0.1, -0.05) is 23.4 Å². The molecule has 2 aromatic carbocycles. The Balaban J connectivity index is 1.89. The Morgan fingerprint density at radius 3 is 2.19 bits per heavy atom.